The Balaban J connectivity index is 1.76. The fraction of sp³-hybridized carbons (Fsp3) is 0.222. The molecule has 0 bridgehead atoms. The van der Waals surface area contributed by atoms with Crippen LogP contribution in [0.3, 0.4) is 0 Å². The fourth-order valence-corrected chi connectivity index (χ4v) is 2.96. The molecule has 7 nitrogen and oxygen atoms in total. The van der Waals surface area contributed by atoms with E-state index in [1.807, 2.05) is 31.2 Å². The quantitative estimate of drug-likeness (QED) is 0.685. The van der Waals surface area contributed by atoms with Crippen molar-refractivity contribution in [3.63, 3.8) is 0 Å². The first-order chi connectivity index (χ1) is 12.0. The lowest BCUT2D eigenvalue weighted by Crippen LogP contribution is -2.28. The van der Waals surface area contributed by atoms with Crippen LogP contribution in [-0.4, -0.2) is 23.3 Å². The first-order valence-corrected chi connectivity index (χ1v) is 7.87. The maximum atomic E-state index is 12.5. The fourth-order valence-electron chi connectivity index (χ4n) is 2.96. The molecule has 1 heterocycles. The zero-order valence-corrected chi connectivity index (χ0v) is 13.6. The predicted octanol–water partition coefficient (Wildman–Crippen LogP) is 2.89. The van der Waals surface area contributed by atoms with Gasteiger partial charge in [0.25, 0.3) is 5.69 Å². The van der Waals surface area contributed by atoms with Crippen LogP contribution in [0.4, 0.5) is 17.1 Å². The van der Waals surface area contributed by atoms with Gasteiger partial charge in [-0.15, -0.1) is 0 Å². The molecule has 1 atom stereocenters. The average Bonchev–Trinajstić information content (AvgIpc) is 2.97. The van der Waals surface area contributed by atoms with Crippen LogP contribution in [-0.2, 0) is 9.59 Å². The smallest absolute Gasteiger partial charge is 0.292 e. The number of benzene rings is 2. The van der Waals surface area contributed by atoms with Crippen LogP contribution in [0.2, 0.25) is 0 Å². The monoisotopic (exact) mass is 339 g/mol. The van der Waals surface area contributed by atoms with Gasteiger partial charge in [-0.1, -0.05) is 30.3 Å². The van der Waals surface area contributed by atoms with E-state index in [0.717, 1.165) is 11.3 Å². The minimum atomic E-state index is -0.549. The Kier molecular flexibility index (Phi) is 4.47. The van der Waals surface area contributed by atoms with Gasteiger partial charge in [-0.25, -0.2) is 0 Å². The summed E-state index contributed by atoms with van der Waals surface area (Å²) in [6, 6.07) is 13.4. The lowest BCUT2D eigenvalue weighted by molar-refractivity contribution is -0.383. The second kappa shape index (κ2) is 6.72. The number of nitro groups is 1. The van der Waals surface area contributed by atoms with Gasteiger partial charge in [-0.05, 0) is 24.6 Å². The summed E-state index contributed by atoms with van der Waals surface area (Å²) in [4.78, 5) is 36.9. The van der Waals surface area contributed by atoms with Crippen LogP contribution in [0.25, 0.3) is 0 Å². The zero-order valence-electron chi connectivity index (χ0n) is 13.6. The lowest BCUT2D eigenvalue weighted by atomic mass is 10.1. The number of nitrogens with zero attached hydrogens (tertiary/aromatic N) is 2. The normalized spacial score (nSPS) is 16.8. The molecule has 2 amide bonds. The van der Waals surface area contributed by atoms with E-state index in [0.29, 0.717) is 0 Å². The standard InChI is InChI=1S/C18H17N3O4/c1-12-6-2-4-8-15(12)20-11-13(10-17(20)22)18(23)19-14-7-3-5-9-16(14)21(24)25/h2-9,13H,10-11H2,1H3,(H,19,23). The number of rotatable bonds is 4. The molecule has 2 aromatic carbocycles. The zero-order chi connectivity index (χ0) is 18.0. The largest absolute Gasteiger partial charge is 0.320 e. The summed E-state index contributed by atoms with van der Waals surface area (Å²) < 4.78 is 0. The van der Waals surface area contributed by atoms with E-state index in [-0.39, 0.29) is 30.2 Å². The van der Waals surface area contributed by atoms with Crippen molar-refractivity contribution in [3.8, 4) is 0 Å². The van der Waals surface area contributed by atoms with E-state index in [2.05, 4.69) is 5.32 Å². The first-order valence-electron chi connectivity index (χ1n) is 7.87. The Labute approximate surface area is 144 Å². The van der Waals surface area contributed by atoms with Crippen molar-refractivity contribution in [3.05, 3.63) is 64.2 Å². The maximum absolute atomic E-state index is 12.5. The highest BCUT2D eigenvalue weighted by molar-refractivity contribution is 6.04. The molecule has 2 aromatic rings. The summed E-state index contributed by atoms with van der Waals surface area (Å²) in [7, 11) is 0. The number of nitro benzene ring substituents is 1. The highest BCUT2D eigenvalue weighted by Gasteiger charge is 2.36. The Morgan fingerprint density at radius 2 is 1.88 bits per heavy atom. The van der Waals surface area contributed by atoms with Gasteiger partial charge < -0.3 is 10.2 Å². The number of hydrogen-bond donors (Lipinski definition) is 1. The molecule has 1 aliphatic heterocycles. The number of carbonyl (C=O) groups is 2. The van der Waals surface area contributed by atoms with Crippen molar-refractivity contribution >= 4 is 28.9 Å². The highest BCUT2D eigenvalue weighted by Crippen LogP contribution is 2.29. The molecule has 1 saturated heterocycles. The number of anilines is 2. The summed E-state index contributed by atoms with van der Waals surface area (Å²) in [6.07, 6.45) is 0.0841. The Morgan fingerprint density at radius 3 is 2.60 bits per heavy atom. The molecule has 1 aliphatic rings. The molecule has 128 valence electrons. The summed E-state index contributed by atoms with van der Waals surface area (Å²) >= 11 is 0. The minimum absolute atomic E-state index is 0.0841. The minimum Gasteiger partial charge on any atom is -0.320 e. The van der Waals surface area contributed by atoms with E-state index >= 15 is 0 Å². The highest BCUT2D eigenvalue weighted by atomic mass is 16.6. The molecule has 0 radical (unpaired) electrons. The van der Waals surface area contributed by atoms with Gasteiger partial charge in [-0.3, -0.25) is 19.7 Å². The number of para-hydroxylation sites is 3. The Bertz CT molecular complexity index is 850. The molecular formula is C18H17N3O4. The van der Waals surface area contributed by atoms with Gasteiger partial charge in [0.2, 0.25) is 11.8 Å². The molecule has 0 spiro atoms. The van der Waals surface area contributed by atoms with Crippen molar-refractivity contribution in [2.45, 2.75) is 13.3 Å². The summed E-state index contributed by atoms with van der Waals surface area (Å²) in [5.74, 6) is -1.07. The van der Waals surface area contributed by atoms with Gasteiger partial charge in [0.05, 0.1) is 10.8 Å². The van der Waals surface area contributed by atoms with Gasteiger partial charge in [0.1, 0.15) is 5.69 Å². The first kappa shape index (κ1) is 16.6. The Hall–Kier alpha value is -3.22. The van der Waals surface area contributed by atoms with E-state index in [1.54, 1.807) is 11.0 Å². The van der Waals surface area contributed by atoms with Gasteiger partial charge in [0.15, 0.2) is 0 Å². The summed E-state index contributed by atoms with van der Waals surface area (Å²) in [5, 5.41) is 13.6. The van der Waals surface area contributed by atoms with Crippen LogP contribution in [0.15, 0.2) is 48.5 Å². The third-order valence-corrected chi connectivity index (χ3v) is 4.26. The van der Waals surface area contributed by atoms with Crippen molar-refractivity contribution in [2.75, 3.05) is 16.8 Å². The summed E-state index contributed by atoms with van der Waals surface area (Å²) in [5.41, 5.74) is 1.71. The number of aryl methyl sites for hydroxylation is 1. The van der Waals surface area contributed by atoms with Crippen LogP contribution >= 0.6 is 0 Å². The van der Waals surface area contributed by atoms with Crippen LogP contribution in [0.5, 0.6) is 0 Å². The van der Waals surface area contributed by atoms with Crippen molar-refractivity contribution in [1.29, 1.82) is 0 Å². The molecule has 1 fully saturated rings. The Morgan fingerprint density at radius 1 is 1.20 bits per heavy atom. The predicted molar refractivity (Wildman–Crippen MR) is 93.4 cm³/mol. The van der Waals surface area contributed by atoms with Crippen LogP contribution in [0, 0.1) is 23.0 Å². The van der Waals surface area contributed by atoms with E-state index in [4.69, 9.17) is 0 Å². The van der Waals surface area contributed by atoms with E-state index < -0.39 is 16.7 Å². The molecule has 1 N–H and O–H groups in total. The third kappa shape index (κ3) is 3.35. The molecule has 1 unspecified atom stereocenters. The second-order valence-electron chi connectivity index (χ2n) is 5.96. The second-order valence-corrected chi connectivity index (χ2v) is 5.96. The van der Waals surface area contributed by atoms with Crippen molar-refractivity contribution < 1.29 is 14.5 Å². The SMILES string of the molecule is Cc1ccccc1N1CC(C(=O)Nc2ccccc2[N+](=O)[O-])CC1=O. The molecule has 0 saturated carbocycles. The van der Waals surface area contributed by atoms with Gasteiger partial charge in [0, 0.05) is 24.7 Å². The average molecular weight is 339 g/mol. The number of amides is 2. The maximum Gasteiger partial charge on any atom is 0.292 e. The van der Waals surface area contributed by atoms with Crippen LogP contribution in [0.1, 0.15) is 12.0 Å². The number of nitrogens with one attached hydrogen (secondary N) is 1. The molecule has 3 rings (SSSR count). The van der Waals surface area contributed by atoms with E-state index in [1.165, 1.54) is 18.2 Å². The topological polar surface area (TPSA) is 92.6 Å². The molecular weight excluding hydrogens is 322 g/mol. The number of carbonyl (C=O) groups excluding carboxylic acids is 2. The van der Waals surface area contributed by atoms with Crippen LogP contribution < -0.4 is 10.2 Å². The number of hydrogen-bond acceptors (Lipinski definition) is 4. The van der Waals surface area contributed by atoms with Crippen molar-refractivity contribution in [2.24, 2.45) is 5.92 Å². The summed E-state index contributed by atoms with van der Waals surface area (Å²) in [6.45, 7) is 2.17. The molecule has 25 heavy (non-hydrogen) atoms. The van der Waals surface area contributed by atoms with Gasteiger partial charge >= 0.3 is 0 Å². The van der Waals surface area contributed by atoms with Gasteiger partial charge in [-0.2, -0.15) is 0 Å². The van der Waals surface area contributed by atoms with E-state index in [9.17, 15) is 19.7 Å². The molecule has 7 heteroatoms. The third-order valence-electron chi connectivity index (χ3n) is 4.26. The lowest BCUT2D eigenvalue weighted by Gasteiger charge is -2.18. The van der Waals surface area contributed by atoms with Crippen molar-refractivity contribution in [1.82, 2.24) is 0 Å². The molecule has 0 aliphatic carbocycles. The molecule has 0 aromatic heterocycles.